The van der Waals surface area contributed by atoms with Crippen molar-refractivity contribution in [1.29, 1.82) is 0 Å². The van der Waals surface area contributed by atoms with Crippen LogP contribution >= 0.6 is 0 Å². The Hall–Kier alpha value is -1.16. The van der Waals surface area contributed by atoms with E-state index in [1.165, 1.54) is 0 Å². The van der Waals surface area contributed by atoms with E-state index in [9.17, 15) is 9.00 Å². The lowest BCUT2D eigenvalue weighted by molar-refractivity contribution is -0.115. The second kappa shape index (κ2) is 5.66. The van der Waals surface area contributed by atoms with E-state index in [0.29, 0.717) is 12.2 Å². The van der Waals surface area contributed by atoms with Gasteiger partial charge in [0, 0.05) is 34.9 Å². The molecule has 0 heterocycles. The Bertz CT molecular complexity index is 377. The maximum atomic E-state index is 11.1. The molecule has 1 aromatic carbocycles. The lowest BCUT2D eigenvalue weighted by Gasteiger charge is -2.05. The van der Waals surface area contributed by atoms with Crippen LogP contribution in [0.3, 0.4) is 0 Å². The largest absolute Gasteiger partial charge is 0.326 e. The second-order valence-corrected chi connectivity index (χ2v) is 4.75. The minimum atomic E-state index is -0.852. The smallest absolute Gasteiger partial charge is 0.224 e. The number of amides is 1. The van der Waals surface area contributed by atoms with Crippen LogP contribution in [-0.4, -0.2) is 16.4 Å². The standard InChI is InChI=1S/C11H15NO2S/c1-3-11(13)12-10-6-4-5-9(7-10)8-15(2)14/h4-7H,3,8H2,1-2H3,(H,12,13). The number of carbonyl (C=O) groups excluding carboxylic acids is 1. The van der Waals surface area contributed by atoms with E-state index in [-0.39, 0.29) is 5.91 Å². The van der Waals surface area contributed by atoms with E-state index in [2.05, 4.69) is 5.32 Å². The van der Waals surface area contributed by atoms with Crippen LogP contribution < -0.4 is 5.32 Å². The number of hydrogen-bond acceptors (Lipinski definition) is 2. The van der Waals surface area contributed by atoms with Gasteiger partial charge in [-0.05, 0) is 17.7 Å². The molecular formula is C11H15NO2S. The van der Waals surface area contributed by atoms with Gasteiger partial charge in [0.2, 0.25) is 5.91 Å². The normalized spacial score (nSPS) is 12.1. The molecule has 0 aliphatic carbocycles. The first-order chi connectivity index (χ1) is 7.11. The second-order valence-electron chi connectivity index (χ2n) is 3.32. The van der Waals surface area contributed by atoms with Crippen LogP contribution in [0.4, 0.5) is 5.69 Å². The summed E-state index contributed by atoms with van der Waals surface area (Å²) in [5, 5.41) is 2.77. The summed E-state index contributed by atoms with van der Waals surface area (Å²) < 4.78 is 11.0. The molecule has 0 radical (unpaired) electrons. The van der Waals surface area contributed by atoms with Gasteiger partial charge in [-0.3, -0.25) is 9.00 Å². The summed E-state index contributed by atoms with van der Waals surface area (Å²) in [6.07, 6.45) is 2.13. The molecular weight excluding hydrogens is 210 g/mol. The fourth-order valence-electron chi connectivity index (χ4n) is 1.22. The van der Waals surface area contributed by atoms with Crippen LogP contribution in [0.5, 0.6) is 0 Å². The van der Waals surface area contributed by atoms with Crippen LogP contribution in [0.25, 0.3) is 0 Å². The Morgan fingerprint density at radius 1 is 1.47 bits per heavy atom. The third-order valence-corrected chi connectivity index (χ3v) is 2.64. The van der Waals surface area contributed by atoms with Crippen molar-refractivity contribution in [1.82, 2.24) is 0 Å². The monoisotopic (exact) mass is 225 g/mol. The van der Waals surface area contributed by atoms with Crippen LogP contribution in [-0.2, 0) is 21.3 Å². The molecule has 1 amide bonds. The predicted molar refractivity (Wildman–Crippen MR) is 63.1 cm³/mol. The number of carbonyl (C=O) groups is 1. The molecule has 0 aliphatic rings. The molecule has 1 atom stereocenters. The zero-order valence-electron chi connectivity index (χ0n) is 8.95. The third-order valence-electron chi connectivity index (χ3n) is 1.90. The molecule has 1 unspecified atom stereocenters. The van der Waals surface area contributed by atoms with Gasteiger partial charge in [0.05, 0.1) is 0 Å². The highest BCUT2D eigenvalue weighted by molar-refractivity contribution is 7.83. The van der Waals surface area contributed by atoms with E-state index in [1.807, 2.05) is 24.3 Å². The molecule has 0 saturated carbocycles. The van der Waals surface area contributed by atoms with E-state index in [0.717, 1.165) is 11.3 Å². The van der Waals surface area contributed by atoms with Crippen molar-refractivity contribution in [3.05, 3.63) is 29.8 Å². The van der Waals surface area contributed by atoms with Crippen molar-refractivity contribution in [2.75, 3.05) is 11.6 Å². The topological polar surface area (TPSA) is 46.2 Å². The zero-order valence-corrected chi connectivity index (χ0v) is 9.76. The van der Waals surface area contributed by atoms with Crippen LogP contribution in [0.1, 0.15) is 18.9 Å². The van der Waals surface area contributed by atoms with Gasteiger partial charge >= 0.3 is 0 Å². The first-order valence-electron chi connectivity index (χ1n) is 4.80. The summed E-state index contributed by atoms with van der Waals surface area (Å²) in [6.45, 7) is 1.81. The highest BCUT2D eigenvalue weighted by Gasteiger charge is 2.01. The third kappa shape index (κ3) is 4.25. The molecule has 0 spiro atoms. The molecule has 0 aromatic heterocycles. The molecule has 1 aromatic rings. The van der Waals surface area contributed by atoms with E-state index >= 15 is 0 Å². The Morgan fingerprint density at radius 3 is 2.80 bits per heavy atom. The molecule has 0 bridgehead atoms. The number of hydrogen-bond donors (Lipinski definition) is 1. The van der Waals surface area contributed by atoms with E-state index < -0.39 is 10.8 Å². The maximum Gasteiger partial charge on any atom is 0.224 e. The number of nitrogens with one attached hydrogen (secondary N) is 1. The lowest BCUT2D eigenvalue weighted by atomic mass is 10.2. The molecule has 0 fully saturated rings. The van der Waals surface area contributed by atoms with Crippen molar-refractivity contribution in [3.63, 3.8) is 0 Å². The first-order valence-corrected chi connectivity index (χ1v) is 6.53. The summed E-state index contributed by atoms with van der Waals surface area (Å²) in [7, 11) is -0.852. The Labute approximate surface area is 92.3 Å². The Morgan fingerprint density at radius 2 is 2.20 bits per heavy atom. The predicted octanol–water partition coefficient (Wildman–Crippen LogP) is 1.91. The minimum Gasteiger partial charge on any atom is -0.326 e. The summed E-state index contributed by atoms with van der Waals surface area (Å²) in [5.41, 5.74) is 1.74. The summed E-state index contributed by atoms with van der Waals surface area (Å²) in [4.78, 5) is 11.1. The number of anilines is 1. The molecule has 1 N–H and O–H groups in total. The molecule has 15 heavy (non-hydrogen) atoms. The summed E-state index contributed by atoms with van der Waals surface area (Å²) >= 11 is 0. The van der Waals surface area contributed by atoms with Gasteiger partial charge in [-0.2, -0.15) is 0 Å². The highest BCUT2D eigenvalue weighted by Crippen LogP contribution is 2.12. The maximum absolute atomic E-state index is 11.1. The van der Waals surface area contributed by atoms with Crippen molar-refractivity contribution in [2.24, 2.45) is 0 Å². The average Bonchev–Trinajstić information content (AvgIpc) is 2.17. The molecule has 4 heteroatoms. The van der Waals surface area contributed by atoms with Gasteiger partial charge in [0.25, 0.3) is 0 Å². The first kappa shape index (κ1) is 11.9. The van der Waals surface area contributed by atoms with Gasteiger partial charge in [0.1, 0.15) is 0 Å². The molecule has 0 aliphatic heterocycles. The zero-order chi connectivity index (χ0) is 11.3. The molecule has 0 saturated heterocycles. The van der Waals surface area contributed by atoms with Crippen LogP contribution in [0.15, 0.2) is 24.3 Å². The van der Waals surface area contributed by atoms with Crippen molar-refractivity contribution >= 4 is 22.4 Å². The quantitative estimate of drug-likeness (QED) is 0.851. The molecule has 1 rings (SSSR count). The van der Waals surface area contributed by atoms with E-state index in [1.54, 1.807) is 13.2 Å². The van der Waals surface area contributed by atoms with Crippen LogP contribution in [0, 0.1) is 0 Å². The van der Waals surface area contributed by atoms with Crippen molar-refractivity contribution < 1.29 is 9.00 Å². The van der Waals surface area contributed by atoms with Crippen LogP contribution in [0.2, 0.25) is 0 Å². The van der Waals surface area contributed by atoms with E-state index in [4.69, 9.17) is 0 Å². The number of benzene rings is 1. The molecule has 82 valence electrons. The van der Waals surface area contributed by atoms with Gasteiger partial charge in [-0.1, -0.05) is 19.1 Å². The van der Waals surface area contributed by atoms with Gasteiger partial charge in [-0.15, -0.1) is 0 Å². The minimum absolute atomic E-state index is 0.00947. The summed E-state index contributed by atoms with van der Waals surface area (Å²) in [6, 6.07) is 7.45. The Kier molecular flexibility index (Phi) is 4.49. The number of rotatable bonds is 4. The SMILES string of the molecule is CCC(=O)Nc1cccc(CS(C)=O)c1. The highest BCUT2D eigenvalue weighted by atomic mass is 32.2. The van der Waals surface area contributed by atoms with Crippen molar-refractivity contribution in [2.45, 2.75) is 19.1 Å². The molecule has 3 nitrogen and oxygen atoms in total. The Balaban J connectivity index is 2.74. The van der Waals surface area contributed by atoms with Gasteiger partial charge < -0.3 is 5.32 Å². The lowest BCUT2D eigenvalue weighted by Crippen LogP contribution is -2.09. The average molecular weight is 225 g/mol. The summed E-state index contributed by atoms with van der Waals surface area (Å²) in [5.74, 6) is 0.514. The van der Waals surface area contributed by atoms with Gasteiger partial charge in [0.15, 0.2) is 0 Å². The van der Waals surface area contributed by atoms with Crippen molar-refractivity contribution in [3.8, 4) is 0 Å². The van der Waals surface area contributed by atoms with Gasteiger partial charge in [-0.25, -0.2) is 0 Å². The fourth-order valence-corrected chi connectivity index (χ4v) is 1.87. The fraction of sp³-hybridized carbons (Fsp3) is 0.364.